The van der Waals surface area contributed by atoms with Crippen LogP contribution in [0.4, 0.5) is 4.53 Å². The van der Waals surface area contributed by atoms with Gasteiger partial charge in [0.15, 0.2) is 0 Å². The van der Waals surface area contributed by atoms with Gasteiger partial charge in [0.1, 0.15) is 0 Å². The fourth-order valence-electron chi connectivity index (χ4n) is 0.582. The van der Waals surface area contributed by atoms with Crippen LogP contribution in [0.2, 0.25) is 5.02 Å². The molecule has 0 fully saturated rings. The van der Waals surface area contributed by atoms with Crippen LogP contribution >= 0.6 is 11.6 Å². The summed E-state index contributed by atoms with van der Waals surface area (Å²) in [6.45, 7) is 6.00. The first-order chi connectivity index (χ1) is 6.24. The minimum Gasteiger partial charge on any atom is -0.221 e. The van der Waals surface area contributed by atoms with Crippen molar-refractivity contribution in [2.75, 3.05) is 0 Å². The summed E-state index contributed by atoms with van der Waals surface area (Å²) in [5, 5.41) is 0.504. The van der Waals surface area contributed by atoms with Gasteiger partial charge in [0, 0.05) is 5.02 Å². The molecule has 0 aliphatic rings. The van der Waals surface area contributed by atoms with Gasteiger partial charge in [-0.25, -0.2) is 4.21 Å². The molecule has 2 nitrogen and oxygen atoms in total. The van der Waals surface area contributed by atoms with E-state index in [9.17, 15) is 8.74 Å². The van der Waals surface area contributed by atoms with Gasteiger partial charge in [-0.3, -0.25) is 0 Å². The maximum atomic E-state index is 11.3. The van der Waals surface area contributed by atoms with E-state index in [0.29, 0.717) is 5.02 Å². The van der Waals surface area contributed by atoms with Crippen LogP contribution in [0.1, 0.15) is 0 Å². The van der Waals surface area contributed by atoms with Crippen molar-refractivity contribution in [2.24, 2.45) is 0 Å². The molecule has 0 spiro atoms. The fraction of sp³-hybridized carbons (Fsp3) is 0. The molecule has 5 heteroatoms. The van der Waals surface area contributed by atoms with E-state index in [-0.39, 0.29) is 4.90 Å². The normalized spacial score (nSPS) is 11.2. The van der Waals surface area contributed by atoms with E-state index in [1.54, 1.807) is 0 Å². The molecule has 0 N–H and O–H groups in total. The van der Waals surface area contributed by atoms with Crippen molar-refractivity contribution in [1.29, 1.82) is 0 Å². The SMILES string of the molecule is C=C.O=S(OF)c1ccc(Cl)cc1. The number of halogens is 2. The Kier molecular flexibility index (Phi) is 6.40. The number of hydrogen-bond acceptors (Lipinski definition) is 2. The van der Waals surface area contributed by atoms with Gasteiger partial charge in [-0.15, -0.1) is 13.2 Å². The van der Waals surface area contributed by atoms with Gasteiger partial charge in [-0.05, 0) is 28.8 Å². The molecule has 0 heterocycles. The molecule has 0 saturated heterocycles. The minimum absolute atomic E-state index is 0.247. The van der Waals surface area contributed by atoms with Gasteiger partial charge < -0.3 is 0 Å². The molecule has 72 valence electrons. The van der Waals surface area contributed by atoms with Crippen LogP contribution < -0.4 is 0 Å². The Morgan fingerprint density at radius 1 is 1.31 bits per heavy atom. The third-order valence-corrected chi connectivity index (χ3v) is 2.09. The zero-order chi connectivity index (χ0) is 10.3. The van der Waals surface area contributed by atoms with Crippen molar-refractivity contribution in [3.05, 3.63) is 42.4 Å². The van der Waals surface area contributed by atoms with E-state index in [4.69, 9.17) is 11.6 Å². The van der Waals surface area contributed by atoms with E-state index < -0.39 is 11.1 Å². The summed E-state index contributed by atoms with van der Waals surface area (Å²) in [6, 6.07) is 5.87. The third kappa shape index (κ3) is 4.17. The molecule has 1 aromatic rings. The van der Waals surface area contributed by atoms with Gasteiger partial charge >= 0.3 is 0 Å². The molecule has 0 aliphatic carbocycles. The van der Waals surface area contributed by atoms with Gasteiger partial charge in [-0.1, -0.05) is 16.0 Å². The monoisotopic (exact) mass is 222 g/mol. The molecule has 0 saturated carbocycles. The highest BCUT2D eigenvalue weighted by Gasteiger charge is 2.02. The second kappa shape index (κ2) is 6.77. The summed E-state index contributed by atoms with van der Waals surface area (Å²) in [5.74, 6) is 0. The van der Waals surface area contributed by atoms with Gasteiger partial charge in [0.25, 0.3) is 0 Å². The minimum atomic E-state index is -2.02. The molecule has 0 radical (unpaired) electrons. The second-order valence-corrected chi connectivity index (χ2v) is 3.25. The molecule has 13 heavy (non-hydrogen) atoms. The number of hydrogen-bond donors (Lipinski definition) is 0. The quantitative estimate of drug-likeness (QED) is 0.719. The van der Waals surface area contributed by atoms with Gasteiger partial charge in [0.05, 0.1) is 4.90 Å². The van der Waals surface area contributed by atoms with Gasteiger partial charge in [0.2, 0.25) is 11.1 Å². The largest absolute Gasteiger partial charge is 0.225 e. The molecule has 0 aliphatic heterocycles. The lowest BCUT2D eigenvalue weighted by Gasteiger charge is -1.93. The average molecular weight is 223 g/mol. The lowest BCUT2D eigenvalue weighted by molar-refractivity contribution is 0.0125. The third-order valence-electron chi connectivity index (χ3n) is 1.06. The van der Waals surface area contributed by atoms with E-state index in [2.05, 4.69) is 17.5 Å². The van der Waals surface area contributed by atoms with E-state index in [1.807, 2.05) is 0 Å². The van der Waals surface area contributed by atoms with E-state index in [0.717, 1.165) is 0 Å². The Bertz CT molecular complexity index is 276. The predicted octanol–water partition coefficient (Wildman–Crippen LogP) is 3.07. The van der Waals surface area contributed by atoms with Crippen molar-refractivity contribution in [3.8, 4) is 0 Å². The zero-order valence-corrected chi connectivity index (χ0v) is 8.28. The molecule has 1 unspecified atom stereocenters. The molecule has 0 amide bonds. The van der Waals surface area contributed by atoms with Crippen molar-refractivity contribution >= 4 is 22.7 Å². The summed E-state index contributed by atoms with van der Waals surface area (Å²) in [6.07, 6.45) is 0. The lowest BCUT2D eigenvalue weighted by atomic mass is 10.4. The Morgan fingerprint density at radius 3 is 2.15 bits per heavy atom. The molecule has 1 atom stereocenters. The van der Waals surface area contributed by atoms with Crippen molar-refractivity contribution < 1.29 is 13.1 Å². The Morgan fingerprint density at radius 2 is 1.77 bits per heavy atom. The van der Waals surface area contributed by atoms with Crippen LogP contribution in [0, 0.1) is 0 Å². The summed E-state index contributed by atoms with van der Waals surface area (Å²) in [5.41, 5.74) is 0. The molecular formula is C8H8ClFO2S. The maximum absolute atomic E-state index is 11.3. The van der Waals surface area contributed by atoms with Crippen molar-refractivity contribution in [3.63, 3.8) is 0 Å². The first-order valence-corrected chi connectivity index (χ1v) is 4.65. The lowest BCUT2D eigenvalue weighted by Crippen LogP contribution is -1.88. The fourth-order valence-corrected chi connectivity index (χ4v) is 1.14. The zero-order valence-electron chi connectivity index (χ0n) is 6.70. The highest BCUT2D eigenvalue weighted by Crippen LogP contribution is 2.13. The standard InChI is InChI=1S/C6H4ClFO2S.C2H4/c7-5-1-3-6(4-2-5)11(9)10-8;1-2/h1-4H;1-2H2. The smallest absolute Gasteiger partial charge is 0.221 e. The van der Waals surface area contributed by atoms with Crippen LogP contribution in [0.25, 0.3) is 0 Å². The van der Waals surface area contributed by atoms with Crippen LogP contribution in [0.5, 0.6) is 0 Å². The summed E-state index contributed by atoms with van der Waals surface area (Å²) >= 11 is 3.50. The predicted molar refractivity (Wildman–Crippen MR) is 51.3 cm³/mol. The molecular weight excluding hydrogens is 215 g/mol. The first kappa shape index (κ1) is 12.3. The van der Waals surface area contributed by atoms with Crippen LogP contribution in [-0.2, 0) is 15.5 Å². The highest BCUT2D eigenvalue weighted by molar-refractivity contribution is 7.80. The molecule has 0 aromatic heterocycles. The van der Waals surface area contributed by atoms with Crippen molar-refractivity contribution in [2.45, 2.75) is 4.90 Å². The van der Waals surface area contributed by atoms with E-state index in [1.165, 1.54) is 24.3 Å². The van der Waals surface area contributed by atoms with Crippen molar-refractivity contribution in [1.82, 2.24) is 0 Å². The summed E-state index contributed by atoms with van der Waals surface area (Å²) in [7, 11) is 0. The number of rotatable bonds is 2. The average Bonchev–Trinajstić information content (AvgIpc) is 2.21. The molecule has 1 aromatic carbocycles. The maximum Gasteiger partial charge on any atom is 0.225 e. The Hall–Kier alpha value is -0.710. The topological polar surface area (TPSA) is 26.3 Å². The molecule has 0 bridgehead atoms. The second-order valence-electron chi connectivity index (χ2n) is 1.75. The summed E-state index contributed by atoms with van der Waals surface area (Å²) in [4.78, 5) is 0.247. The molecule has 1 rings (SSSR count). The Balaban J connectivity index is 0.000000671. The van der Waals surface area contributed by atoms with Crippen LogP contribution in [0.3, 0.4) is 0 Å². The van der Waals surface area contributed by atoms with E-state index >= 15 is 0 Å². The summed E-state index contributed by atoms with van der Waals surface area (Å²) < 4.78 is 25.0. The van der Waals surface area contributed by atoms with Gasteiger partial charge in [-0.2, -0.15) is 0 Å². The Labute approximate surface area is 83.5 Å². The first-order valence-electron chi connectivity index (χ1n) is 3.20. The van der Waals surface area contributed by atoms with Crippen LogP contribution in [0.15, 0.2) is 42.3 Å². The highest BCUT2D eigenvalue weighted by atomic mass is 35.5. The van der Waals surface area contributed by atoms with Crippen LogP contribution in [-0.4, -0.2) is 4.21 Å². The number of benzene rings is 1.